The van der Waals surface area contributed by atoms with Gasteiger partial charge in [-0.3, -0.25) is 9.79 Å². The van der Waals surface area contributed by atoms with E-state index in [9.17, 15) is 4.79 Å². The second kappa shape index (κ2) is 10.0. The van der Waals surface area contributed by atoms with Crippen molar-refractivity contribution >= 4 is 17.6 Å². The normalized spacial score (nSPS) is 13.3. The number of carbonyl (C=O) groups excluding carboxylic acids is 1. The number of nitrogens with one attached hydrogen (secondary N) is 3. The molecule has 0 aromatic heterocycles. The van der Waals surface area contributed by atoms with Crippen LogP contribution in [0.1, 0.15) is 33.3 Å². The van der Waals surface area contributed by atoms with Crippen molar-refractivity contribution in [2.45, 2.75) is 40.2 Å². The van der Waals surface area contributed by atoms with Crippen molar-refractivity contribution in [2.75, 3.05) is 32.6 Å². The molecule has 6 heteroatoms. The van der Waals surface area contributed by atoms with Crippen LogP contribution in [0.3, 0.4) is 0 Å². The highest BCUT2D eigenvalue weighted by Crippen LogP contribution is 2.20. The van der Waals surface area contributed by atoms with Gasteiger partial charge in [-0.2, -0.15) is 0 Å². The average molecular weight is 348 g/mol. The molecule has 0 heterocycles. The second-order valence-electron chi connectivity index (χ2n) is 7.00. The number of methoxy groups -OCH3 is 1. The Labute approximate surface area is 151 Å². The first-order chi connectivity index (χ1) is 11.8. The molecule has 140 valence electrons. The molecule has 1 aromatic rings. The molecule has 3 N–H and O–H groups in total. The maximum atomic E-state index is 12.1. The molecule has 1 atom stereocenters. The molecule has 0 spiro atoms. The Bertz CT molecular complexity index is 579. The van der Waals surface area contributed by atoms with Crippen LogP contribution < -0.4 is 16.0 Å². The van der Waals surface area contributed by atoms with Gasteiger partial charge in [-0.25, -0.2) is 0 Å². The van der Waals surface area contributed by atoms with Crippen molar-refractivity contribution in [3.63, 3.8) is 0 Å². The van der Waals surface area contributed by atoms with E-state index in [0.717, 1.165) is 12.1 Å². The summed E-state index contributed by atoms with van der Waals surface area (Å²) in [7, 11) is 3.38. The van der Waals surface area contributed by atoms with E-state index in [2.05, 4.69) is 48.6 Å². The molecular formula is C19H32N4O2. The number of aryl methyl sites for hydroxylation is 1. The zero-order valence-electron chi connectivity index (χ0n) is 16.3. The smallest absolute Gasteiger partial charge is 0.243 e. The third-order valence-corrected chi connectivity index (χ3v) is 3.96. The first-order valence-corrected chi connectivity index (χ1v) is 8.66. The summed E-state index contributed by atoms with van der Waals surface area (Å²) in [5, 5.41) is 9.11. The largest absolute Gasteiger partial charge is 0.379 e. The highest BCUT2D eigenvalue weighted by molar-refractivity contribution is 5.95. The standard InChI is InChI=1S/C19H32N4O2/c1-7-14-9-8-10-15(11-14)23-17(24)13-22-18(20-5)21-12-16(25-6)19(2,3)4/h8-11,16H,7,12-13H2,1-6H3,(H,23,24)(H2,20,21,22). The van der Waals surface area contributed by atoms with Gasteiger partial charge in [0.2, 0.25) is 5.91 Å². The van der Waals surface area contributed by atoms with Crippen molar-refractivity contribution in [2.24, 2.45) is 10.4 Å². The van der Waals surface area contributed by atoms with E-state index in [0.29, 0.717) is 12.5 Å². The number of guanidine groups is 1. The van der Waals surface area contributed by atoms with Gasteiger partial charge in [0.15, 0.2) is 5.96 Å². The van der Waals surface area contributed by atoms with Crippen LogP contribution in [0.5, 0.6) is 0 Å². The van der Waals surface area contributed by atoms with Crippen LogP contribution in [0.4, 0.5) is 5.69 Å². The zero-order chi connectivity index (χ0) is 18.9. The van der Waals surface area contributed by atoms with Gasteiger partial charge in [-0.15, -0.1) is 0 Å². The van der Waals surface area contributed by atoms with Crippen molar-refractivity contribution in [1.82, 2.24) is 10.6 Å². The summed E-state index contributed by atoms with van der Waals surface area (Å²) in [5.41, 5.74) is 2.01. The van der Waals surface area contributed by atoms with E-state index in [-0.39, 0.29) is 24.0 Å². The molecule has 0 aliphatic rings. The number of carbonyl (C=O) groups is 1. The number of anilines is 1. The summed E-state index contributed by atoms with van der Waals surface area (Å²) < 4.78 is 5.51. The Kier molecular flexibility index (Phi) is 8.41. The van der Waals surface area contributed by atoms with Gasteiger partial charge >= 0.3 is 0 Å². The van der Waals surface area contributed by atoms with Crippen LogP contribution >= 0.6 is 0 Å². The number of amides is 1. The third-order valence-electron chi connectivity index (χ3n) is 3.96. The second-order valence-corrected chi connectivity index (χ2v) is 7.00. The highest BCUT2D eigenvalue weighted by atomic mass is 16.5. The minimum Gasteiger partial charge on any atom is -0.379 e. The lowest BCUT2D eigenvalue weighted by Gasteiger charge is -2.30. The summed E-state index contributed by atoms with van der Waals surface area (Å²) >= 11 is 0. The number of benzene rings is 1. The van der Waals surface area contributed by atoms with E-state index in [1.54, 1.807) is 14.2 Å². The lowest BCUT2D eigenvalue weighted by molar-refractivity contribution is -0.115. The molecule has 25 heavy (non-hydrogen) atoms. The molecule has 0 aliphatic carbocycles. The number of hydrogen-bond donors (Lipinski definition) is 3. The van der Waals surface area contributed by atoms with Gasteiger partial charge in [-0.1, -0.05) is 39.8 Å². The number of ether oxygens (including phenoxy) is 1. The van der Waals surface area contributed by atoms with Crippen molar-refractivity contribution in [3.05, 3.63) is 29.8 Å². The predicted octanol–water partition coefficient (Wildman–Crippen LogP) is 2.41. The Morgan fingerprint density at radius 3 is 2.56 bits per heavy atom. The number of nitrogens with zero attached hydrogens (tertiary/aromatic N) is 1. The maximum absolute atomic E-state index is 12.1. The van der Waals surface area contributed by atoms with Crippen molar-refractivity contribution in [3.8, 4) is 0 Å². The third kappa shape index (κ3) is 7.56. The Balaban J connectivity index is 2.47. The zero-order valence-corrected chi connectivity index (χ0v) is 16.3. The summed E-state index contributed by atoms with van der Waals surface area (Å²) in [4.78, 5) is 16.2. The van der Waals surface area contributed by atoms with Crippen LogP contribution in [0.15, 0.2) is 29.3 Å². The van der Waals surface area contributed by atoms with Crippen molar-refractivity contribution in [1.29, 1.82) is 0 Å². The molecule has 0 saturated heterocycles. The molecule has 0 aliphatic heterocycles. The molecule has 0 bridgehead atoms. The van der Waals surface area contributed by atoms with E-state index in [1.165, 1.54) is 5.56 Å². The first kappa shape index (κ1) is 21.0. The lowest BCUT2D eigenvalue weighted by atomic mass is 9.89. The molecule has 1 unspecified atom stereocenters. The van der Waals surface area contributed by atoms with Gasteiger partial charge in [0.25, 0.3) is 0 Å². The van der Waals surface area contributed by atoms with Gasteiger partial charge in [0.05, 0.1) is 12.6 Å². The maximum Gasteiger partial charge on any atom is 0.243 e. The summed E-state index contributed by atoms with van der Waals surface area (Å²) in [6.07, 6.45) is 0.976. The van der Waals surface area contributed by atoms with Gasteiger partial charge < -0.3 is 20.7 Å². The Morgan fingerprint density at radius 1 is 1.28 bits per heavy atom. The molecular weight excluding hydrogens is 316 g/mol. The molecule has 1 amide bonds. The predicted molar refractivity (Wildman–Crippen MR) is 104 cm³/mol. The van der Waals surface area contributed by atoms with Gasteiger partial charge in [-0.05, 0) is 29.5 Å². The van der Waals surface area contributed by atoms with Gasteiger partial charge in [0, 0.05) is 26.4 Å². The van der Waals surface area contributed by atoms with Crippen LogP contribution in [-0.4, -0.2) is 45.2 Å². The number of aliphatic imine (C=N–C) groups is 1. The topological polar surface area (TPSA) is 74.8 Å². The highest BCUT2D eigenvalue weighted by Gasteiger charge is 2.24. The molecule has 0 radical (unpaired) electrons. The summed E-state index contributed by atoms with van der Waals surface area (Å²) in [6, 6.07) is 7.86. The van der Waals surface area contributed by atoms with Crippen LogP contribution in [-0.2, 0) is 16.0 Å². The number of hydrogen-bond acceptors (Lipinski definition) is 3. The van der Waals surface area contributed by atoms with Crippen LogP contribution in [0, 0.1) is 5.41 Å². The lowest BCUT2D eigenvalue weighted by Crippen LogP contribution is -2.46. The van der Waals surface area contributed by atoms with E-state index < -0.39 is 0 Å². The van der Waals surface area contributed by atoms with E-state index in [1.807, 2.05) is 24.3 Å². The molecule has 1 aromatic carbocycles. The Hall–Kier alpha value is -2.08. The van der Waals surface area contributed by atoms with E-state index in [4.69, 9.17) is 4.74 Å². The minimum absolute atomic E-state index is 0.0161. The SMILES string of the molecule is CCc1cccc(NC(=O)CNC(=NC)NCC(OC)C(C)(C)C)c1. The van der Waals surface area contributed by atoms with Crippen LogP contribution in [0.2, 0.25) is 0 Å². The quantitative estimate of drug-likeness (QED) is 0.522. The fourth-order valence-corrected chi connectivity index (χ4v) is 2.39. The van der Waals surface area contributed by atoms with E-state index >= 15 is 0 Å². The van der Waals surface area contributed by atoms with Crippen LogP contribution in [0.25, 0.3) is 0 Å². The fraction of sp³-hybridized carbons (Fsp3) is 0.579. The minimum atomic E-state index is -0.115. The monoisotopic (exact) mass is 348 g/mol. The molecule has 0 saturated carbocycles. The van der Waals surface area contributed by atoms with Crippen molar-refractivity contribution < 1.29 is 9.53 Å². The average Bonchev–Trinajstić information content (AvgIpc) is 2.57. The Morgan fingerprint density at radius 2 is 2.00 bits per heavy atom. The molecule has 1 rings (SSSR count). The van der Waals surface area contributed by atoms with Gasteiger partial charge in [0.1, 0.15) is 0 Å². The molecule has 6 nitrogen and oxygen atoms in total. The first-order valence-electron chi connectivity index (χ1n) is 8.66. The molecule has 0 fully saturated rings. The fourth-order valence-electron chi connectivity index (χ4n) is 2.39. The summed E-state index contributed by atoms with van der Waals surface area (Å²) in [6.45, 7) is 9.21. The summed E-state index contributed by atoms with van der Waals surface area (Å²) in [5.74, 6) is 0.457. The number of rotatable bonds is 7.